The van der Waals surface area contributed by atoms with E-state index in [1.165, 1.54) is 11.8 Å². The predicted molar refractivity (Wildman–Crippen MR) is 94.4 cm³/mol. The van der Waals surface area contributed by atoms with Crippen LogP contribution < -0.4 is 9.47 Å². The number of nitrogens with zero attached hydrogens (tertiary/aromatic N) is 4. The Hall–Kier alpha value is -3.27. The maximum Gasteiger partial charge on any atom is 0.283 e. The van der Waals surface area contributed by atoms with Gasteiger partial charge >= 0.3 is 0 Å². The van der Waals surface area contributed by atoms with Gasteiger partial charge in [0.25, 0.3) is 17.0 Å². The van der Waals surface area contributed by atoms with Crippen LogP contribution >= 0.6 is 11.8 Å². The van der Waals surface area contributed by atoms with Gasteiger partial charge < -0.3 is 22.7 Å². The van der Waals surface area contributed by atoms with Crippen molar-refractivity contribution in [2.24, 2.45) is 0 Å². The number of aromatic nitrogens is 4. The number of thioether (sulfide) groups is 1. The van der Waals surface area contributed by atoms with Crippen molar-refractivity contribution in [1.29, 1.82) is 0 Å². The molecule has 1 aromatic carbocycles. The summed E-state index contributed by atoms with van der Waals surface area (Å²) < 4.78 is 27.0. The van der Waals surface area contributed by atoms with Crippen molar-refractivity contribution in [2.45, 2.75) is 11.0 Å². The highest BCUT2D eigenvalue weighted by molar-refractivity contribution is 7.98. The largest absolute Gasteiger partial charge is 0.497 e. The van der Waals surface area contributed by atoms with Crippen molar-refractivity contribution in [3.05, 3.63) is 42.5 Å². The lowest BCUT2D eigenvalue weighted by Gasteiger charge is -2.07. The summed E-state index contributed by atoms with van der Waals surface area (Å²) in [5.74, 6) is 3.25. The number of ether oxygens (including phenoxy) is 2. The lowest BCUT2D eigenvalue weighted by atomic mass is 10.2. The standard InChI is InChI=1S/C17H14N4O5S/c1-22-10-5-6-11(13(8-10)23-2)15-19-21-17(26-15)27-9-14-18-20-16(25-14)12-4-3-7-24-12/h3-8H,9H2,1-2H3. The fourth-order valence-corrected chi connectivity index (χ4v) is 2.89. The molecule has 138 valence electrons. The summed E-state index contributed by atoms with van der Waals surface area (Å²) in [5.41, 5.74) is 0.676. The molecule has 0 atom stereocenters. The third-order valence-electron chi connectivity index (χ3n) is 3.56. The van der Waals surface area contributed by atoms with E-state index >= 15 is 0 Å². The molecule has 10 heteroatoms. The van der Waals surface area contributed by atoms with Gasteiger partial charge in [0, 0.05) is 6.07 Å². The molecule has 0 saturated carbocycles. The zero-order valence-corrected chi connectivity index (χ0v) is 15.2. The molecule has 3 heterocycles. The Morgan fingerprint density at radius 3 is 2.63 bits per heavy atom. The summed E-state index contributed by atoms with van der Waals surface area (Å²) in [7, 11) is 3.15. The highest BCUT2D eigenvalue weighted by atomic mass is 32.2. The summed E-state index contributed by atoms with van der Waals surface area (Å²) in [6.45, 7) is 0. The van der Waals surface area contributed by atoms with Gasteiger partial charge in [-0.1, -0.05) is 11.8 Å². The van der Waals surface area contributed by atoms with Crippen LogP contribution in [-0.4, -0.2) is 34.6 Å². The van der Waals surface area contributed by atoms with Gasteiger partial charge in [0.2, 0.25) is 5.89 Å². The van der Waals surface area contributed by atoms with E-state index in [1.54, 1.807) is 50.8 Å². The van der Waals surface area contributed by atoms with Gasteiger partial charge in [-0.25, -0.2) is 0 Å². The summed E-state index contributed by atoms with van der Waals surface area (Å²) >= 11 is 1.29. The number of hydrogen-bond acceptors (Lipinski definition) is 10. The van der Waals surface area contributed by atoms with E-state index in [4.69, 9.17) is 22.7 Å². The summed E-state index contributed by atoms with van der Waals surface area (Å²) in [6, 6.07) is 8.84. The molecule has 4 aromatic rings. The zero-order chi connectivity index (χ0) is 18.6. The molecule has 0 saturated heterocycles. The topological polar surface area (TPSA) is 109 Å². The molecule has 0 aliphatic carbocycles. The quantitative estimate of drug-likeness (QED) is 0.436. The molecule has 0 amide bonds. The average Bonchev–Trinajstić information content (AvgIpc) is 3.47. The van der Waals surface area contributed by atoms with Gasteiger partial charge in [0.1, 0.15) is 11.5 Å². The molecule has 0 spiro atoms. The Morgan fingerprint density at radius 1 is 0.963 bits per heavy atom. The van der Waals surface area contributed by atoms with E-state index in [1.807, 2.05) is 0 Å². The van der Waals surface area contributed by atoms with Crippen LogP contribution in [0.15, 0.2) is 55.1 Å². The van der Waals surface area contributed by atoms with Crippen molar-refractivity contribution < 1.29 is 22.7 Å². The van der Waals surface area contributed by atoms with Crippen LogP contribution in [-0.2, 0) is 5.75 Å². The van der Waals surface area contributed by atoms with Crippen LogP contribution in [0, 0.1) is 0 Å². The zero-order valence-electron chi connectivity index (χ0n) is 14.4. The summed E-state index contributed by atoms with van der Waals surface area (Å²) in [5, 5.41) is 16.4. The minimum atomic E-state index is 0.324. The Morgan fingerprint density at radius 2 is 1.85 bits per heavy atom. The Bertz CT molecular complexity index is 1030. The third kappa shape index (κ3) is 3.65. The van der Waals surface area contributed by atoms with E-state index < -0.39 is 0 Å². The van der Waals surface area contributed by atoms with Gasteiger partial charge in [-0.15, -0.1) is 20.4 Å². The maximum absolute atomic E-state index is 5.70. The van der Waals surface area contributed by atoms with Crippen molar-refractivity contribution in [3.63, 3.8) is 0 Å². The second kappa shape index (κ2) is 7.54. The lowest BCUT2D eigenvalue weighted by molar-refractivity contribution is 0.393. The molecule has 9 nitrogen and oxygen atoms in total. The first-order valence-corrected chi connectivity index (χ1v) is 8.80. The molecule has 4 rings (SSSR count). The van der Waals surface area contributed by atoms with Gasteiger partial charge in [-0.3, -0.25) is 0 Å². The Labute approximate surface area is 157 Å². The van der Waals surface area contributed by atoms with Gasteiger partial charge in [-0.2, -0.15) is 0 Å². The normalized spacial score (nSPS) is 10.9. The molecule has 0 radical (unpaired) electrons. The van der Waals surface area contributed by atoms with Crippen LogP contribution in [0.25, 0.3) is 23.1 Å². The predicted octanol–water partition coefficient (Wildman–Crippen LogP) is 3.69. The minimum Gasteiger partial charge on any atom is -0.497 e. The van der Waals surface area contributed by atoms with Gasteiger partial charge in [0.15, 0.2) is 5.76 Å². The monoisotopic (exact) mass is 386 g/mol. The van der Waals surface area contributed by atoms with Crippen LogP contribution in [0.2, 0.25) is 0 Å². The minimum absolute atomic E-state index is 0.324. The van der Waals surface area contributed by atoms with E-state index in [2.05, 4.69) is 20.4 Å². The molecule has 27 heavy (non-hydrogen) atoms. The SMILES string of the molecule is COc1ccc(-c2nnc(SCc3nnc(-c4ccco4)o3)o2)c(OC)c1. The highest BCUT2D eigenvalue weighted by Gasteiger charge is 2.16. The van der Waals surface area contributed by atoms with E-state index in [-0.39, 0.29) is 0 Å². The number of methoxy groups -OCH3 is 2. The first-order valence-electron chi connectivity index (χ1n) is 7.82. The molecule has 0 unspecified atom stereocenters. The van der Waals surface area contributed by atoms with Gasteiger partial charge in [-0.05, 0) is 24.3 Å². The van der Waals surface area contributed by atoms with Crippen LogP contribution in [0.3, 0.4) is 0 Å². The maximum atomic E-state index is 5.70. The van der Waals surface area contributed by atoms with Crippen LogP contribution in [0.1, 0.15) is 5.89 Å². The average molecular weight is 386 g/mol. The Kier molecular flexibility index (Phi) is 4.79. The molecular weight excluding hydrogens is 372 g/mol. The van der Waals surface area contributed by atoms with Gasteiger partial charge in [0.05, 0.1) is 31.8 Å². The van der Waals surface area contributed by atoms with E-state index in [0.717, 1.165) is 0 Å². The number of rotatable bonds is 7. The van der Waals surface area contributed by atoms with Crippen molar-refractivity contribution >= 4 is 11.8 Å². The fourth-order valence-electron chi connectivity index (χ4n) is 2.29. The first-order chi connectivity index (χ1) is 13.3. The van der Waals surface area contributed by atoms with Crippen molar-refractivity contribution in [1.82, 2.24) is 20.4 Å². The highest BCUT2D eigenvalue weighted by Crippen LogP contribution is 2.34. The molecular formula is C17H14N4O5S. The second-order valence-corrected chi connectivity index (χ2v) is 6.13. The summed E-state index contributed by atoms with van der Waals surface area (Å²) in [6.07, 6.45) is 1.54. The van der Waals surface area contributed by atoms with Crippen molar-refractivity contribution in [2.75, 3.05) is 14.2 Å². The molecule has 0 bridgehead atoms. The number of benzene rings is 1. The molecule has 0 aliphatic rings. The van der Waals surface area contributed by atoms with E-state index in [0.29, 0.717) is 51.5 Å². The van der Waals surface area contributed by atoms with Crippen LogP contribution in [0.5, 0.6) is 11.5 Å². The third-order valence-corrected chi connectivity index (χ3v) is 4.37. The number of furan rings is 1. The molecule has 0 N–H and O–H groups in total. The smallest absolute Gasteiger partial charge is 0.283 e. The fraction of sp³-hybridized carbons (Fsp3) is 0.176. The first kappa shape index (κ1) is 17.2. The Balaban J connectivity index is 1.46. The molecule has 0 aliphatic heterocycles. The van der Waals surface area contributed by atoms with Crippen molar-refractivity contribution in [3.8, 4) is 34.6 Å². The second-order valence-electron chi connectivity index (χ2n) is 5.21. The van der Waals surface area contributed by atoms with E-state index in [9.17, 15) is 0 Å². The molecule has 3 aromatic heterocycles. The lowest BCUT2D eigenvalue weighted by Crippen LogP contribution is -1.90. The van der Waals surface area contributed by atoms with Crippen LogP contribution in [0.4, 0.5) is 0 Å². The number of hydrogen-bond donors (Lipinski definition) is 0. The summed E-state index contributed by atoms with van der Waals surface area (Å²) in [4.78, 5) is 0. The molecule has 0 fully saturated rings.